The average molecular weight is 390 g/mol. The highest BCUT2D eigenvalue weighted by molar-refractivity contribution is 7.89. The highest BCUT2D eigenvalue weighted by Crippen LogP contribution is 2.22. The van der Waals surface area contributed by atoms with Crippen LogP contribution in [0.4, 0.5) is 0 Å². The van der Waals surface area contributed by atoms with Crippen LogP contribution in [0.5, 0.6) is 11.6 Å². The summed E-state index contributed by atoms with van der Waals surface area (Å²) in [7, 11) is -2.13. The first-order valence-corrected chi connectivity index (χ1v) is 9.70. The Morgan fingerprint density at radius 3 is 2.63 bits per heavy atom. The Kier molecular flexibility index (Phi) is 7.03. The standard InChI is InChI=1S/C18H22N4O4S/c1-4-17(23)20-10-5-11-22(3)27(24,25)16-8-6-15(7-9-16)26-18-13-19-12-14(2)21-18/h4,6-9,12-13H,1,5,10-11H2,2-3H3,(H,20,23). The number of hydrogen-bond acceptors (Lipinski definition) is 6. The van der Waals surface area contributed by atoms with Crippen molar-refractivity contribution in [1.82, 2.24) is 19.6 Å². The Morgan fingerprint density at radius 1 is 1.30 bits per heavy atom. The van der Waals surface area contributed by atoms with E-state index in [0.717, 1.165) is 5.69 Å². The first kappa shape index (κ1) is 20.5. The Hall–Kier alpha value is -2.78. The van der Waals surface area contributed by atoms with Gasteiger partial charge < -0.3 is 10.1 Å². The quantitative estimate of drug-likeness (QED) is 0.518. The number of nitrogens with one attached hydrogen (secondary N) is 1. The molecule has 1 N–H and O–H groups in total. The van der Waals surface area contributed by atoms with Crippen molar-refractivity contribution in [1.29, 1.82) is 0 Å². The number of aromatic nitrogens is 2. The van der Waals surface area contributed by atoms with Crippen LogP contribution in [-0.2, 0) is 14.8 Å². The van der Waals surface area contributed by atoms with Crippen molar-refractivity contribution in [2.75, 3.05) is 20.1 Å². The van der Waals surface area contributed by atoms with E-state index in [1.165, 1.54) is 35.8 Å². The molecule has 0 atom stereocenters. The van der Waals surface area contributed by atoms with Crippen LogP contribution in [-0.4, -0.2) is 48.7 Å². The Balaban J connectivity index is 1.97. The summed E-state index contributed by atoms with van der Waals surface area (Å²) in [6.07, 6.45) is 4.76. The fourth-order valence-electron chi connectivity index (χ4n) is 2.18. The van der Waals surface area contributed by atoms with E-state index in [4.69, 9.17) is 4.74 Å². The summed E-state index contributed by atoms with van der Waals surface area (Å²) >= 11 is 0. The maximum atomic E-state index is 12.6. The molecule has 144 valence electrons. The molecular weight excluding hydrogens is 368 g/mol. The maximum Gasteiger partial charge on any atom is 0.243 e. The maximum absolute atomic E-state index is 12.6. The summed E-state index contributed by atoms with van der Waals surface area (Å²) in [5, 5.41) is 2.61. The lowest BCUT2D eigenvalue weighted by atomic mass is 10.3. The summed E-state index contributed by atoms with van der Waals surface area (Å²) in [6.45, 7) is 5.80. The molecule has 1 aromatic carbocycles. The number of sulfonamides is 1. The highest BCUT2D eigenvalue weighted by Gasteiger charge is 2.20. The normalized spacial score (nSPS) is 11.2. The van der Waals surface area contributed by atoms with Crippen LogP contribution in [0.25, 0.3) is 0 Å². The van der Waals surface area contributed by atoms with Crippen molar-refractivity contribution in [3.63, 3.8) is 0 Å². The lowest BCUT2D eigenvalue weighted by Gasteiger charge is -2.17. The molecule has 0 aliphatic heterocycles. The number of ether oxygens (including phenoxy) is 1. The van der Waals surface area contributed by atoms with Crippen LogP contribution < -0.4 is 10.1 Å². The van der Waals surface area contributed by atoms with Gasteiger partial charge in [0.15, 0.2) is 0 Å². The van der Waals surface area contributed by atoms with Gasteiger partial charge in [-0.1, -0.05) is 6.58 Å². The molecule has 27 heavy (non-hydrogen) atoms. The van der Waals surface area contributed by atoms with E-state index in [2.05, 4.69) is 21.9 Å². The summed E-state index contributed by atoms with van der Waals surface area (Å²) in [5.74, 6) is 0.516. The van der Waals surface area contributed by atoms with Gasteiger partial charge in [0, 0.05) is 26.3 Å². The number of aryl methyl sites for hydroxylation is 1. The molecule has 0 saturated carbocycles. The van der Waals surface area contributed by atoms with Gasteiger partial charge >= 0.3 is 0 Å². The van der Waals surface area contributed by atoms with E-state index in [1.807, 2.05) is 0 Å². The van der Waals surface area contributed by atoms with E-state index in [0.29, 0.717) is 24.6 Å². The van der Waals surface area contributed by atoms with Gasteiger partial charge in [-0.25, -0.2) is 17.7 Å². The SMILES string of the molecule is C=CC(=O)NCCCN(C)S(=O)(=O)c1ccc(Oc2cncc(C)n2)cc1. The number of carbonyl (C=O) groups excluding carboxylic acids is 1. The van der Waals surface area contributed by atoms with Gasteiger partial charge in [-0.3, -0.25) is 9.78 Å². The molecule has 8 nitrogen and oxygen atoms in total. The van der Waals surface area contributed by atoms with Crippen molar-refractivity contribution < 1.29 is 17.9 Å². The molecule has 0 bridgehead atoms. The van der Waals surface area contributed by atoms with Gasteiger partial charge in [-0.15, -0.1) is 0 Å². The smallest absolute Gasteiger partial charge is 0.243 e. The van der Waals surface area contributed by atoms with Crippen molar-refractivity contribution in [3.8, 4) is 11.6 Å². The summed E-state index contributed by atoms with van der Waals surface area (Å²) in [4.78, 5) is 19.4. The van der Waals surface area contributed by atoms with Crippen molar-refractivity contribution >= 4 is 15.9 Å². The number of amides is 1. The van der Waals surface area contributed by atoms with Gasteiger partial charge in [0.1, 0.15) is 5.75 Å². The minimum atomic E-state index is -3.62. The second-order valence-corrected chi connectivity index (χ2v) is 7.79. The van der Waals surface area contributed by atoms with Crippen molar-refractivity contribution in [3.05, 3.63) is 55.0 Å². The lowest BCUT2D eigenvalue weighted by Crippen LogP contribution is -2.31. The topological polar surface area (TPSA) is 101 Å². The van der Waals surface area contributed by atoms with E-state index in [1.54, 1.807) is 25.3 Å². The molecule has 2 aromatic rings. The van der Waals surface area contributed by atoms with Crippen LogP contribution in [0.1, 0.15) is 12.1 Å². The van der Waals surface area contributed by atoms with Crippen LogP contribution in [0.15, 0.2) is 54.2 Å². The van der Waals surface area contributed by atoms with Gasteiger partial charge in [0.2, 0.25) is 21.8 Å². The predicted molar refractivity (Wildman–Crippen MR) is 101 cm³/mol. The first-order valence-electron chi connectivity index (χ1n) is 8.26. The summed E-state index contributed by atoms with van der Waals surface area (Å²) in [6, 6.07) is 6.08. The molecule has 9 heteroatoms. The van der Waals surface area contributed by atoms with Crippen LogP contribution in [0.3, 0.4) is 0 Å². The second kappa shape index (κ2) is 9.24. The number of benzene rings is 1. The molecule has 1 heterocycles. The molecule has 1 amide bonds. The summed E-state index contributed by atoms with van der Waals surface area (Å²) in [5.41, 5.74) is 0.720. The van der Waals surface area contributed by atoms with E-state index in [-0.39, 0.29) is 17.3 Å². The lowest BCUT2D eigenvalue weighted by molar-refractivity contribution is -0.116. The van der Waals surface area contributed by atoms with Gasteiger partial charge in [-0.2, -0.15) is 0 Å². The molecule has 0 saturated heterocycles. The zero-order chi connectivity index (χ0) is 19.9. The molecule has 2 rings (SSSR count). The molecule has 0 radical (unpaired) electrons. The van der Waals surface area contributed by atoms with Crippen LogP contribution >= 0.6 is 0 Å². The molecule has 0 aliphatic carbocycles. The average Bonchev–Trinajstić information content (AvgIpc) is 2.65. The molecule has 0 unspecified atom stereocenters. The number of nitrogens with zero attached hydrogens (tertiary/aromatic N) is 3. The first-order chi connectivity index (χ1) is 12.8. The largest absolute Gasteiger partial charge is 0.437 e. The van der Waals surface area contributed by atoms with Crippen LogP contribution in [0.2, 0.25) is 0 Å². The number of carbonyl (C=O) groups is 1. The molecule has 0 fully saturated rings. The third kappa shape index (κ3) is 5.87. The Bertz CT molecular complexity index is 898. The van der Waals surface area contributed by atoms with E-state index < -0.39 is 10.0 Å². The van der Waals surface area contributed by atoms with E-state index in [9.17, 15) is 13.2 Å². The highest BCUT2D eigenvalue weighted by atomic mass is 32.2. The Labute approximate surface area is 159 Å². The zero-order valence-corrected chi connectivity index (χ0v) is 16.1. The van der Waals surface area contributed by atoms with E-state index >= 15 is 0 Å². The zero-order valence-electron chi connectivity index (χ0n) is 15.3. The third-order valence-corrected chi connectivity index (χ3v) is 5.49. The third-order valence-electron chi connectivity index (χ3n) is 3.62. The van der Waals surface area contributed by atoms with Crippen LogP contribution in [0, 0.1) is 6.92 Å². The predicted octanol–water partition coefficient (Wildman–Crippen LogP) is 1.89. The Morgan fingerprint density at radius 2 is 2.00 bits per heavy atom. The molecule has 1 aromatic heterocycles. The van der Waals surface area contributed by atoms with Gasteiger partial charge in [0.25, 0.3) is 0 Å². The number of rotatable bonds is 9. The molecule has 0 spiro atoms. The fraction of sp³-hybridized carbons (Fsp3) is 0.278. The molecular formula is C18H22N4O4S. The second-order valence-electron chi connectivity index (χ2n) is 5.75. The van der Waals surface area contributed by atoms with Gasteiger partial charge in [0.05, 0.1) is 16.8 Å². The number of hydrogen-bond donors (Lipinski definition) is 1. The van der Waals surface area contributed by atoms with Crippen molar-refractivity contribution in [2.24, 2.45) is 0 Å². The summed E-state index contributed by atoms with van der Waals surface area (Å²) < 4.78 is 32.0. The van der Waals surface area contributed by atoms with Crippen molar-refractivity contribution in [2.45, 2.75) is 18.2 Å². The minimum absolute atomic E-state index is 0.155. The monoisotopic (exact) mass is 390 g/mol. The molecule has 0 aliphatic rings. The van der Waals surface area contributed by atoms with Gasteiger partial charge in [-0.05, 0) is 43.7 Å². The minimum Gasteiger partial charge on any atom is -0.437 e. The fourth-order valence-corrected chi connectivity index (χ4v) is 3.38.